The first-order valence-corrected chi connectivity index (χ1v) is 18.3. The van der Waals surface area contributed by atoms with Crippen molar-refractivity contribution in [2.45, 2.75) is 6.54 Å². The second-order valence-electron chi connectivity index (χ2n) is 13.9. The largest absolute Gasteiger partial charge is 0.434 e. The fourth-order valence-electron chi connectivity index (χ4n) is 7.04. The van der Waals surface area contributed by atoms with Crippen LogP contribution in [0.2, 0.25) is 0 Å². The first-order valence-electron chi connectivity index (χ1n) is 18.3. The fraction of sp³-hybridized carbons (Fsp3) is 0.0233. The maximum absolute atomic E-state index is 15.4. The van der Waals surface area contributed by atoms with Gasteiger partial charge in [-0.15, -0.1) is 21.9 Å². The highest BCUT2D eigenvalue weighted by Gasteiger charge is 2.52. The van der Waals surface area contributed by atoms with E-state index in [1.54, 1.807) is 59.6 Å². The summed E-state index contributed by atoms with van der Waals surface area (Å²) in [6.45, 7) is 0.205. The molecular formula is C43H14BF20N3O2. The van der Waals surface area contributed by atoms with E-state index in [1.165, 1.54) is 0 Å². The summed E-state index contributed by atoms with van der Waals surface area (Å²) in [4.78, 5) is 16.4. The molecule has 0 aliphatic heterocycles. The molecule has 0 saturated carbocycles. The van der Waals surface area contributed by atoms with E-state index >= 15 is 35.1 Å². The Morgan fingerprint density at radius 1 is 0.478 bits per heavy atom. The van der Waals surface area contributed by atoms with Crippen molar-refractivity contribution in [3.63, 3.8) is 0 Å². The monoisotopic (exact) mass is 995 g/mol. The molecule has 0 N–H and O–H groups in total. The fourth-order valence-corrected chi connectivity index (χ4v) is 7.04. The third-order valence-corrected chi connectivity index (χ3v) is 10.1. The lowest BCUT2D eigenvalue weighted by Gasteiger charge is -2.44. The van der Waals surface area contributed by atoms with Gasteiger partial charge in [0, 0.05) is 5.56 Å². The number of aromatic nitrogens is 2. The molecule has 5 nitrogen and oxygen atoms in total. The minimum absolute atomic E-state index is 0.0103. The van der Waals surface area contributed by atoms with Crippen molar-refractivity contribution in [3.8, 4) is 17.7 Å². The van der Waals surface area contributed by atoms with Gasteiger partial charge in [0.2, 0.25) is 18.5 Å². The highest BCUT2D eigenvalue weighted by Crippen LogP contribution is 2.31. The second kappa shape index (κ2) is 19.3. The van der Waals surface area contributed by atoms with E-state index in [9.17, 15) is 57.5 Å². The number of Topliss-reactive ketones (excluding diaryl/α,β-unsaturated/α-hetero) is 1. The number of rotatable bonds is 9. The number of ketones is 1. The zero-order chi connectivity index (χ0) is 51.1. The molecular weight excluding hydrogens is 981 g/mol. The molecule has 0 saturated heterocycles. The predicted octanol–water partition coefficient (Wildman–Crippen LogP) is 8.76. The molecule has 69 heavy (non-hydrogen) atoms. The van der Waals surface area contributed by atoms with Crippen molar-refractivity contribution in [1.29, 1.82) is 5.26 Å². The predicted molar refractivity (Wildman–Crippen MR) is 196 cm³/mol. The average molecular weight is 995 g/mol. The van der Waals surface area contributed by atoms with Crippen LogP contribution in [-0.2, 0) is 6.54 Å². The van der Waals surface area contributed by atoms with Crippen molar-refractivity contribution in [2.75, 3.05) is 0 Å². The molecule has 0 unspecified atom stereocenters. The topological polar surface area (TPSA) is 66.9 Å². The molecule has 26 heteroatoms. The van der Waals surface area contributed by atoms with Crippen molar-refractivity contribution in [2.24, 2.45) is 0 Å². The minimum Gasteiger partial charge on any atom is -0.434 e. The molecule has 0 fully saturated rings. The van der Waals surface area contributed by atoms with Gasteiger partial charge < -0.3 is 4.74 Å². The molecule has 1 heterocycles. The Hall–Kier alpha value is -7.98. The summed E-state index contributed by atoms with van der Waals surface area (Å²) in [6.07, 6.45) is -2.26. The Balaban J connectivity index is 0.000000273. The Morgan fingerprint density at radius 3 is 1.12 bits per heavy atom. The first kappa shape index (κ1) is 50.4. The van der Waals surface area contributed by atoms with Crippen LogP contribution < -0.4 is 31.2 Å². The molecule has 0 aliphatic carbocycles. The summed E-state index contributed by atoms with van der Waals surface area (Å²) in [6, 6.07) is 17.9. The third-order valence-electron chi connectivity index (χ3n) is 10.1. The van der Waals surface area contributed by atoms with Gasteiger partial charge in [0.25, 0.3) is 5.88 Å². The van der Waals surface area contributed by atoms with Crippen LogP contribution in [0.15, 0.2) is 73.2 Å². The van der Waals surface area contributed by atoms with Gasteiger partial charge >= 0.3 is 0 Å². The molecule has 1 aromatic heterocycles. The zero-order valence-electron chi connectivity index (χ0n) is 32.9. The first-order chi connectivity index (χ1) is 32.4. The molecule has 0 amide bonds. The quantitative estimate of drug-likeness (QED) is 0.0363. The zero-order valence-corrected chi connectivity index (χ0v) is 32.9. The van der Waals surface area contributed by atoms with Crippen LogP contribution in [0.25, 0.3) is 0 Å². The lowest BCUT2D eigenvalue weighted by molar-refractivity contribution is -0.683. The number of benzene rings is 6. The lowest BCUT2D eigenvalue weighted by Crippen LogP contribution is -2.81. The SMILES string of the molecule is Fc1c(F)c(F)c([B-](c2c(F)c(F)c(F)c(F)c2F)(c2c(F)c(F)c(F)c(F)c2F)c2c(F)c(F)c(F)c(F)c2F)c(F)c1F.N#Cc1ccc(Oc2c[n+](CC(=O)c3ccccc3)ccn2)cc1. The van der Waals surface area contributed by atoms with E-state index in [0.29, 0.717) is 22.8 Å². The molecule has 0 bridgehead atoms. The van der Waals surface area contributed by atoms with Gasteiger partial charge in [-0.3, -0.25) is 4.79 Å². The second-order valence-corrected chi connectivity index (χ2v) is 13.9. The van der Waals surface area contributed by atoms with Crippen LogP contribution in [0.5, 0.6) is 11.6 Å². The molecule has 0 spiro atoms. The van der Waals surface area contributed by atoms with Crippen LogP contribution in [-0.4, -0.2) is 16.9 Å². The molecule has 6 aromatic carbocycles. The summed E-state index contributed by atoms with van der Waals surface area (Å²) in [5, 5.41) is 8.79. The van der Waals surface area contributed by atoms with Crippen molar-refractivity contribution in [1.82, 2.24) is 4.98 Å². The normalized spacial score (nSPS) is 11.3. The van der Waals surface area contributed by atoms with Gasteiger partial charge in [-0.25, -0.2) is 92.8 Å². The van der Waals surface area contributed by atoms with Gasteiger partial charge in [0.15, 0.2) is 76.0 Å². The number of hydrogen-bond acceptors (Lipinski definition) is 4. The Kier molecular flexibility index (Phi) is 14.1. The number of carbonyl (C=O) groups is 1. The van der Waals surface area contributed by atoms with Crippen molar-refractivity contribution in [3.05, 3.63) is 201 Å². The summed E-state index contributed by atoms with van der Waals surface area (Å²) in [7, 11) is 0. The van der Waals surface area contributed by atoms with Crippen LogP contribution >= 0.6 is 0 Å². The highest BCUT2D eigenvalue weighted by molar-refractivity contribution is 7.20. The number of halogens is 20. The van der Waals surface area contributed by atoms with Gasteiger partial charge in [0.05, 0.1) is 17.8 Å². The number of carbonyl (C=O) groups excluding carboxylic acids is 1. The summed E-state index contributed by atoms with van der Waals surface area (Å²) < 4.78 is 301. The van der Waals surface area contributed by atoms with Crippen LogP contribution in [0, 0.1) is 128 Å². The highest BCUT2D eigenvalue weighted by atomic mass is 19.2. The van der Waals surface area contributed by atoms with E-state index in [1.807, 2.05) is 18.2 Å². The summed E-state index contributed by atoms with van der Waals surface area (Å²) in [5.74, 6) is -70.4. The Labute approximate surface area is 370 Å². The van der Waals surface area contributed by atoms with Crippen molar-refractivity contribution >= 4 is 33.8 Å². The molecule has 356 valence electrons. The Bertz CT molecular complexity index is 2880. The summed E-state index contributed by atoms with van der Waals surface area (Å²) in [5.41, 5.74) is -13.1. The van der Waals surface area contributed by atoms with E-state index < -0.39 is 144 Å². The molecule has 0 aliphatic rings. The van der Waals surface area contributed by atoms with Gasteiger partial charge in [-0.2, -0.15) is 9.83 Å². The maximum Gasteiger partial charge on any atom is 0.285 e. The molecule has 7 aromatic rings. The standard InChI is InChI=1S/C24BF20.C19H14N3O2/c26-5-1(6(27)14(35)21(42)13(5)34)25(2-7(28)15(36)22(43)16(37)8(2)29,3-9(30)17(38)23(44)18(39)10(3)31)4-11(32)19(40)24(45)20(41)12(4)33;20-12-15-6-8-17(9-7-15)24-19-14-22(11-10-21-19)13-18(23)16-4-2-1-3-5-16/h;1-11,14H,13H2/q-1;+1. The molecule has 0 atom stereocenters. The number of nitriles is 1. The number of ether oxygens (including phenoxy) is 1. The molecule has 0 radical (unpaired) electrons. The third kappa shape index (κ3) is 8.52. The maximum atomic E-state index is 15.4. The van der Waals surface area contributed by atoms with Gasteiger partial charge in [0.1, 0.15) is 58.4 Å². The average Bonchev–Trinajstić information content (AvgIpc) is 3.34. The smallest absolute Gasteiger partial charge is 0.285 e. The van der Waals surface area contributed by atoms with E-state index in [2.05, 4.69) is 11.1 Å². The van der Waals surface area contributed by atoms with Crippen LogP contribution in [0.4, 0.5) is 87.8 Å². The van der Waals surface area contributed by atoms with Crippen LogP contribution in [0.1, 0.15) is 15.9 Å². The minimum atomic E-state index is -7.22. The molecule has 7 rings (SSSR count). The lowest BCUT2D eigenvalue weighted by atomic mass is 9.12. The van der Waals surface area contributed by atoms with Gasteiger partial charge in [-0.1, -0.05) is 30.3 Å². The number of nitrogens with zero attached hydrogens (tertiary/aromatic N) is 3. The van der Waals surface area contributed by atoms with Crippen LogP contribution in [0.3, 0.4) is 0 Å². The van der Waals surface area contributed by atoms with E-state index in [4.69, 9.17) is 10.00 Å². The van der Waals surface area contributed by atoms with Crippen molar-refractivity contribution < 1.29 is 102 Å². The summed E-state index contributed by atoms with van der Waals surface area (Å²) >= 11 is 0. The van der Waals surface area contributed by atoms with E-state index in [-0.39, 0.29) is 12.3 Å². The van der Waals surface area contributed by atoms with E-state index in [0.717, 1.165) is 0 Å². The Morgan fingerprint density at radius 2 is 0.797 bits per heavy atom. The van der Waals surface area contributed by atoms with Gasteiger partial charge in [-0.05, 0) is 24.3 Å². The number of hydrogen-bond donors (Lipinski definition) is 0.